The van der Waals surface area contributed by atoms with Crippen molar-refractivity contribution in [3.63, 3.8) is 0 Å². The molecule has 0 saturated heterocycles. The van der Waals surface area contributed by atoms with Crippen LogP contribution in [-0.2, 0) is 32.5 Å². The summed E-state index contributed by atoms with van der Waals surface area (Å²) in [6.45, 7) is 4.89. The molecule has 1 aromatic rings. The first-order valence-electron chi connectivity index (χ1n) is 8.28. The number of hydrogen-bond acceptors (Lipinski definition) is 5. The molecule has 0 aromatic carbocycles. The molecule has 1 amide bonds. The molecule has 136 valence electrons. The summed E-state index contributed by atoms with van der Waals surface area (Å²) in [4.78, 5) is 14.5. The van der Waals surface area contributed by atoms with E-state index in [-0.39, 0.29) is 23.3 Å². The molecule has 1 aliphatic rings. The third kappa shape index (κ3) is 5.32. The molecule has 1 aromatic heterocycles. The van der Waals surface area contributed by atoms with Gasteiger partial charge < -0.3 is 14.6 Å². The number of rotatable bonds is 8. The highest BCUT2D eigenvalue weighted by molar-refractivity contribution is 7.91. The van der Waals surface area contributed by atoms with Crippen LogP contribution in [0.1, 0.15) is 12.6 Å². The molecule has 7 nitrogen and oxygen atoms in total. The predicted molar refractivity (Wildman–Crippen MR) is 92.4 cm³/mol. The molecule has 0 radical (unpaired) electrons. The maximum Gasteiger partial charge on any atom is 0.226 e. The van der Waals surface area contributed by atoms with Gasteiger partial charge in [-0.1, -0.05) is 6.92 Å². The zero-order valence-corrected chi connectivity index (χ0v) is 15.2. The first kappa shape index (κ1) is 19.0. The molecule has 0 aliphatic carbocycles. The fourth-order valence-electron chi connectivity index (χ4n) is 2.84. The molecule has 1 N–H and O–H groups in total. The summed E-state index contributed by atoms with van der Waals surface area (Å²) in [6, 6.07) is 3.98. The topological polar surface area (TPSA) is 80.6 Å². The number of aromatic nitrogens is 1. The van der Waals surface area contributed by atoms with Crippen LogP contribution >= 0.6 is 0 Å². The minimum atomic E-state index is -3.02. The van der Waals surface area contributed by atoms with Gasteiger partial charge in [-0.3, -0.25) is 9.69 Å². The van der Waals surface area contributed by atoms with Crippen LogP contribution in [-0.4, -0.2) is 68.6 Å². The zero-order chi connectivity index (χ0) is 17.6. The van der Waals surface area contributed by atoms with Gasteiger partial charge in [0.15, 0.2) is 9.84 Å². The van der Waals surface area contributed by atoms with Crippen molar-refractivity contribution in [2.75, 3.05) is 44.9 Å². The monoisotopic (exact) mass is 357 g/mol. The van der Waals surface area contributed by atoms with Gasteiger partial charge in [0.25, 0.3) is 0 Å². The molecule has 2 heterocycles. The maximum atomic E-state index is 12.4. The minimum absolute atomic E-state index is 0.0167. The van der Waals surface area contributed by atoms with Crippen LogP contribution in [0.25, 0.3) is 0 Å². The Kier molecular flexibility index (Phi) is 6.82. The Morgan fingerprint density at radius 3 is 2.92 bits per heavy atom. The van der Waals surface area contributed by atoms with E-state index in [1.165, 1.54) is 0 Å². The van der Waals surface area contributed by atoms with Gasteiger partial charge in [0.1, 0.15) is 0 Å². The van der Waals surface area contributed by atoms with E-state index in [0.717, 1.165) is 5.69 Å². The lowest BCUT2D eigenvalue weighted by molar-refractivity contribution is -0.126. The van der Waals surface area contributed by atoms with Crippen molar-refractivity contribution in [1.82, 2.24) is 14.8 Å². The number of fused-ring (bicyclic) bond motifs is 1. The number of ether oxygens (including phenoxy) is 1. The van der Waals surface area contributed by atoms with Crippen LogP contribution in [0.2, 0.25) is 0 Å². The molecule has 1 atom stereocenters. The van der Waals surface area contributed by atoms with Crippen molar-refractivity contribution >= 4 is 15.7 Å². The number of amides is 1. The Bertz CT molecular complexity index is 642. The van der Waals surface area contributed by atoms with Crippen LogP contribution < -0.4 is 5.32 Å². The van der Waals surface area contributed by atoms with E-state index in [0.29, 0.717) is 39.3 Å². The average Bonchev–Trinajstić information content (AvgIpc) is 2.91. The second-order valence-corrected chi connectivity index (χ2v) is 8.58. The van der Waals surface area contributed by atoms with Gasteiger partial charge >= 0.3 is 0 Å². The lowest BCUT2D eigenvalue weighted by Gasteiger charge is -2.23. The zero-order valence-electron chi connectivity index (χ0n) is 14.4. The van der Waals surface area contributed by atoms with Crippen molar-refractivity contribution in [2.24, 2.45) is 5.92 Å². The second-order valence-electron chi connectivity index (χ2n) is 6.10. The summed E-state index contributed by atoms with van der Waals surface area (Å²) in [5.74, 6) is 0.0529. The second kappa shape index (κ2) is 8.64. The van der Waals surface area contributed by atoms with E-state index in [2.05, 4.69) is 14.8 Å². The maximum absolute atomic E-state index is 12.4. The number of nitrogens with one attached hydrogen (secondary N) is 1. The van der Waals surface area contributed by atoms with Crippen molar-refractivity contribution in [3.05, 3.63) is 24.0 Å². The minimum Gasteiger partial charge on any atom is -0.383 e. The van der Waals surface area contributed by atoms with Crippen molar-refractivity contribution in [2.45, 2.75) is 20.0 Å². The number of carbonyl (C=O) groups is 1. The Hall–Kier alpha value is -1.38. The SMILES string of the molecule is CCS(=O)(=O)CCN1Cc2cccn2C[C@H](C(=O)NCCOC)C1. The quantitative estimate of drug-likeness (QED) is 0.668. The summed E-state index contributed by atoms with van der Waals surface area (Å²) in [5.41, 5.74) is 1.11. The summed E-state index contributed by atoms with van der Waals surface area (Å²) in [6.07, 6.45) is 1.97. The molecule has 0 unspecified atom stereocenters. The Morgan fingerprint density at radius 2 is 2.21 bits per heavy atom. The molecular formula is C16H27N3O4S. The van der Waals surface area contributed by atoms with Gasteiger partial charge in [-0.25, -0.2) is 8.42 Å². The highest BCUT2D eigenvalue weighted by atomic mass is 32.2. The summed E-state index contributed by atoms with van der Waals surface area (Å²) in [7, 11) is -1.42. The van der Waals surface area contributed by atoms with Crippen molar-refractivity contribution in [1.29, 1.82) is 0 Å². The van der Waals surface area contributed by atoms with Gasteiger partial charge in [-0.05, 0) is 12.1 Å². The van der Waals surface area contributed by atoms with Crippen LogP contribution in [0, 0.1) is 5.92 Å². The third-order valence-corrected chi connectivity index (χ3v) is 6.02. The van der Waals surface area contributed by atoms with Gasteiger partial charge in [-0.15, -0.1) is 0 Å². The largest absolute Gasteiger partial charge is 0.383 e. The highest BCUT2D eigenvalue weighted by Crippen LogP contribution is 2.17. The standard InChI is InChI=1S/C16H27N3O4S/c1-3-24(21,22)10-8-18-11-14(16(20)17-6-9-23-2)12-19-7-4-5-15(19)13-18/h4-5,7,14H,3,6,8-13H2,1-2H3,(H,17,20)/t14-/m1/s1. The fourth-order valence-corrected chi connectivity index (χ4v) is 3.67. The Morgan fingerprint density at radius 1 is 1.42 bits per heavy atom. The lowest BCUT2D eigenvalue weighted by Crippen LogP contribution is -2.41. The van der Waals surface area contributed by atoms with E-state index >= 15 is 0 Å². The molecular weight excluding hydrogens is 330 g/mol. The number of carbonyl (C=O) groups excluding carboxylic acids is 1. The van der Waals surface area contributed by atoms with Crippen molar-refractivity contribution < 1.29 is 17.9 Å². The number of sulfone groups is 1. The lowest BCUT2D eigenvalue weighted by atomic mass is 10.1. The molecule has 8 heteroatoms. The van der Waals surface area contributed by atoms with E-state index < -0.39 is 9.84 Å². The Labute approximate surface area is 143 Å². The van der Waals surface area contributed by atoms with Crippen LogP contribution in [0.5, 0.6) is 0 Å². The van der Waals surface area contributed by atoms with Crippen LogP contribution in [0.15, 0.2) is 18.3 Å². The smallest absolute Gasteiger partial charge is 0.226 e. The average molecular weight is 357 g/mol. The Balaban J connectivity index is 2.05. The number of methoxy groups -OCH3 is 1. The molecule has 1 aliphatic heterocycles. The van der Waals surface area contributed by atoms with Gasteiger partial charge in [0, 0.05) is 57.5 Å². The van der Waals surface area contributed by atoms with Crippen LogP contribution in [0.4, 0.5) is 0 Å². The fraction of sp³-hybridized carbons (Fsp3) is 0.688. The van der Waals surface area contributed by atoms with Crippen molar-refractivity contribution in [3.8, 4) is 0 Å². The van der Waals surface area contributed by atoms with E-state index in [9.17, 15) is 13.2 Å². The summed E-state index contributed by atoms with van der Waals surface area (Å²) >= 11 is 0. The number of nitrogens with zero attached hydrogens (tertiary/aromatic N) is 2. The molecule has 0 fully saturated rings. The predicted octanol–water partition coefficient (Wildman–Crippen LogP) is 0.117. The van der Waals surface area contributed by atoms with Gasteiger partial charge in [0.2, 0.25) is 5.91 Å². The summed E-state index contributed by atoms with van der Waals surface area (Å²) in [5, 5.41) is 2.89. The van der Waals surface area contributed by atoms with E-state index in [1.807, 2.05) is 18.3 Å². The first-order valence-corrected chi connectivity index (χ1v) is 10.1. The molecule has 2 rings (SSSR count). The molecule has 24 heavy (non-hydrogen) atoms. The normalized spacial score (nSPS) is 18.8. The molecule has 0 bridgehead atoms. The van der Waals surface area contributed by atoms with Gasteiger partial charge in [-0.2, -0.15) is 0 Å². The van der Waals surface area contributed by atoms with E-state index in [1.54, 1.807) is 14.0 Å². The van der Waals surface area contributed by atoms with Crippen LogP contribution in [0.3, 0.4) is 0 Å². The highest BCUT2D eigenvalue weighted by Gasteiger charge is 2.27. The summed E-state index contributed by atoms with van der Waals surface area (Å²) < 4.78 is 30.6. The van der Waals surface area contributed by atoms with Gasteiger partial charge in [0.05, 0.1) is 18.3 Å². The molecule has 0 spiro atoms. The first-order chi connectivity index (χ1) is 11.4. The number of hydrogen-bond donors (Lipinski definition) is 1. The molecule has 0 saturated carbocycles. The third-order valence-electron chi connectivity index (χ3n) is 4.34. The van der Waals surface area contributed by atoms with E-state index in [4.69, 9.17) is 4.74 Å².